The van der Waals surface area contributed by atoms with Gasteiger partial charge >= 0.3 is 11.3 Å². The Kier molecular flexibility index (Phi) is 7.38. The summed E-state index contributed by atoms with van der Waals surface area (Å²) >= 11 is 4.50. The quantitative estimate of drug-likeness (QED) is 0.194. The van der Waals surface area contributed by atoms with Crippen molar-refractivity contribution in [1.29, 1.82) is 0 Å². The number of rotatable bonds is 7. The van der Waals surface area contributed by atoms with E-state index in [0.29, 0.717) is 22.3 Å². The lowest BCUT2D eigenvalue weighted by Gasteiger charge is -2.17. The van der Waals surface area contributed by atoms with Gasteiger partial charge in [-0.25, -0.2) is 9.79 Å². The molecule has 0 fully saturated rings. The molecule has 9 nitrogen and oxygen atoms in total. The fourth-order valence-electron chi connectivity index (χ4n) is 3.77. The van der Waals surface area contributed by atoms with Gasteiger partial charge in [-0.1, -0.05) is 58.0 Å². The van der Waals surface area contributed by atoms with Gasteiger partial charge in [-0.2, -0.15) is 0 Å². The minimum Gasteiger partial charge on any atom is -0.497 e. The first-order valence-electron chi connectivity index (χ1n) is 11.3. The van der Waals surface area contributed by atoms with Gasteiger partial charge in [0, 0.05) is 16.6 Å². The van der Waals surface area contributed by atoms with Crippen molar-refractivity contribution in [3.63, 3.8) is 0 Å². The van der Waals surface area contributed by atoms with Gasteiger partial charge in [0.1, 0.15) is 11.4 Å². The minimum absolute atomic E-state index is 0.154. The Bertz CT molecular complexity index is 1630. The molecule has 0 saturated heterocycles. The van der Waals surface area contributed by atoms with E-state index in [-0.39, 0.29) is 23.1 Å². The number of nitrogens with zero attached hydrogens (tertiary/aromatic N) is 3. The third-order valence-electron chi connectivity index (χ3n) is 5.57. The summed E-state index contributed by atoms with van der Waals surface area (Å²) in [6, 6.07) is 23.3. The number of methoxy groups -OCH3 is 1. The predicted molar refractivity (Wildman–Crippen MR) is 148 cm³/mol. The summed E-state index contributed by atoms with van der Waals surface area (Å²) in [6.45, 7) is 0. The van der Waals surface area contributed by atoms with Crippen molar-refractivity contribution in [3.05, 3.63) is 111 Å². The summed E-state index contributed by atoms with van der Waals surface area (Å²) in [7, 11) is 1.54. The maximum atomic E-state index is 13.4. The highest BCUT2D eigenvalue weighted by Gasteiger charge is 2.35. The molecule has 0 radical (unpaired) electrons. The molecule has 0 bridgehead atoms. The van der Waals surface area contributed by atoms with E-state index >= 15 is 0 Å². The van der Waals surface area contributed by atoms with E-state index in [0.717, 1.165) is 21.8 Å². The molecule has 2 heterocycles. The van der Waals surface area contributed by atoms with Crippen LogP contribution in [0.1, 0.15) is 16.1 Å². The summed E-state index contributed by atoms with van der Waals surface area (Å²) in [6.07, 6.45) is 1.69. The molecule has 5 rings (SSSR count). The number of amides is 1. The molecule has 0 spiro atoms. The van der Waals surface area contributed by atoms with Crippen molar-refractivity contribution < 1.29 is 23.5 Å². The van der Waals surface area contributed by atoms with E-state index in [1.54, 1.807) is 49.6 Å². The van der Waals surface area contributed by atoms with Gasteiger partial charge in [0.2, 0.25) is 11.5 Å². The second-order valence-corrected chi connectivity index (χ2v) is 9.89. The molecule has 0 aliphatic carbocycles. The SMILES string of the molecule is COc1ccc(-[n+]2[nH]oc(=O)c2C(=O)CSC2=N/C(=C/c3cccc(Br)c3)C(=O)N2c2ccccc2)cc1. The first-order valence-corrected chi connectivity index (χ1v) is 13.1. The highest BCUT2D eigenvalue weighted by molar-refractivity contribution is 9.10. The second kappa shape index (κ2) is 11.0. The molecule has 3 aromatic carbocycles. The Balaban J connectivity index is 1.43. The number of ether oxygens (including phenoxy) is 1. The topological polar surface area (TPSA) is 109 Å². The normalized spacial score (nSPS) is 14.2. The van der Waals surface area contributed by atoms with Gasteiger partial charge in [0.15, 0.2) is 5.17 Å². The van der Waals surface area contributed by atoms with Crippen LogP contribution in [0.4, 0.5) is 5.69 Å². The van der Waals surface area contributed by atoms with Gasteiger partial charge in [-0.3, -0.25) is 19.0 Å². The standard InChI is InChI=1S/C27H19BrN4O5S/c1-36-21-12-10-20(11-13-21)32-24(26(35)37-30-32)23(33)16-38-27-29-22(15-17-6-5-7-18(28)14-17)25(34)31(27)19-8-3-2-4-9-19/h2-15H,16H2,1H3/p+1/b22-15+. The largest absolute Gasteiger partial charge is 0.497 e. The second-order valence-electron chi connectivity index (χ2n) is 8.03. The number of Topliss-reactive ketones (excluding diaryl/α,β-unsaturated/α-hetero) is 1. The van der Waals surface area contributed by atoms with E-state index in [2.05, 4.69) is 26.2 Å². The molecule has 1 aromatic heterocycles. The molecule has 0 saturated carbocycles. The van der Waals surface area contributed by atoms with Crippen molar-refractivity contribution in [2.45, 2.75) is 0 Å². The van der Waals surface area contributed by atoms with Crippen LogP contribution in [0.25, 0.3) is 11.8 Å². The maximum absolute atomic E-state index is 13.4. The number of nitrogens with one attached hydrogen (secondary N) is 1. The van der Waals surface area contributed by atoms with Gasteiger partial charge in [0.25, 0.3) is 5.91 Å². The highest BCUT2D eigenvalue weighted by Crippen LogP contribution is 2.30. The first-order chi connectivity index (χ1) is 18.4. The Morgan fingerprint density at radius 1 is 1.11 bits per heavy atom. The number of ketones is 1. The molecule has 4 aromatic rings. The van der Waals surface area contributed by atoms with Crippen LogP contribution in [0, 0.1) is 0 Å². The number of hydrogen-bond acceptors (Lipinski definition) is 7. The number of H-pyrrole nitrogens is 1. The molecular formula is C27H20BrN4O5S+. The van der Waals surface area contributed by atoms with Crippen molar-refractivity contribution in [2.24, 2.45) is 4.99 Å². The van der Waals surface area contributed by atoms with Gasteiger partial charge in [-0.05, 0) is 58.0 Å². The molecule has 1 amide bonds. The van der Waals surface area contributed by atoms with Crippen LogP contribution in [0.15, 0.2) is 103 Å². The fourth-order valence-corrected chi connectivity index (χ4v) is 5.07. The molecule has 190 valence electrons. The smallest absolute Gasteiger partial charge is 0.438 e. The molecule has 0 atom stereocenters. The van der Waals surface area contributed by atoms with Gasteiger partial charge in [-0.15, -0.1) is 0 Å². The number of halogens is 1. The molecule has 0 unspecified atom stereocenters. The Morgan fingerprint density at radius 2 is 1.87 bits per heavy atom. The number of aromatic nitrogens is 2. The third-order valence-corrected chi connectivity index (χ3v) is 7.00. The Labute approximate surface area is 229 Å². The molecule has 1 aliphatic heterocycles. The summed E-state index contributed by atoms with van der Waals surface area (Å²) in [5.41, 5.74) is 1.19. The van der Waals surface area contributed by atoms with E-state index in [1.165, 1.54) is 9.58 Å². The van der Waals surface area contributed by atoms with Crippen LogP contribution in [0.5, 0.6) is 5.75 Å². The minimum atomic E-state index is -0.800. The Hall–Kier alpha value is -4.22. The summed E-state index contributed by atoms with van der Waals surface area (Å²) in [5.74, 6) is -0.340. The molecule has 1 N–H and O–H groups in total. The van der Waals surface area contributed by atoms with E-state index in [9.17, 15) is 14.4 Å². The number of thioether (sulfide) groups is 1. The molecule has 1 aliphatic rings. The molecule has 38 heavy (non-hydrogen) atoms. The van der Waals surface area contributed by atoms with Crippen LogP contribution >= 0.6 is 27.7 Å². The number of aliphatic imine (C=N–C) groups is 1. The van der Waals surface area contributed by atoms with Crippen LogP contribution in [-0.2, 0) is 4.79 Å². The lowest BCUT2D eigenvalue weighted by molar-refractivity contribution is -0.672. The van der Waals surface area contributed by atoms with Crippen molar-refractivity contribution >= 4 is 56.3 Å². The van der Waals surface area contributed by atoms with Crippen molar-refractivity contribution in [1.82, 2.24) is 5.27 Å². The zero-order chi connectivity index (χ0) is 26.6. The zero-order valence-corrected chi connectivity index (χ0v) is 22.4. The monoisotopic (exact) mass is 591 g/mol. The van der Waals surface area contributed by atoms with Crippen molar-refractivity contribution in [3.8, 4) is 11.4 Å². The average molecular weight is 592 g/mol. The van der Waals surface area contributed by atoms with Crippen LogP contribution in [0.2, 0.25) is 0 Å². The van der Waals surface area contributed by atoms with Gasteiger partial charge < -0.3 is 4.74 Å². The summed E-state index contributed by atoms with van der Waals surface area (Å²) in [5, 5.41) is 2.79. The maximum Gasteiger partial charge on any atom is 0.438 e. The first kappa shape index (κ1) is 25.4. The van der Waals surface area contributed by atoms with E-state index in [1.807, 2.05) is 42.5 Å². The van der Waals surface area contributed by atoms with Crippen LogP contribution in [0.3, 0.4) is 0 Å². The summed E-state index contributed by atoms with van der Waals surface area (Å²) < 4.78 is 12.2. The van der Waals surface area contributed by atoms with Crippen molar-refractivity contribution in [2.75, 3.05) is 17.8 Å². The molecular weight excluding hydrogens is 572 g/mol. The predicted octanol–water partition coefficient (Wildman–Crippen LogP) is 4.38. The lowest BCUT2D eigenvalue weighted by Crippen LogP contribution is -2.41. The summed E-state index contributed by atoms with van der Waals surface area (Å²) in [4.78, 5) is 45.0. The molecule has 11 heteroatoms. The number of para-hydroxylation sites is 1. The van der Waals surface area contributed by atoms with Gasteiger partial charge in [0.05, 0.1) is 18.6 Å². The number of hydrogen-bond donors (Lipinski definition) is 1. The number of carbonyl (C=O) groups is 2. The number of anilines is 1. The average Bonchev–Trinajstić information content (AvgIpc) is 3.47. The van der Waals surface area contributed by atoms with E-state index in [4.69, 9.17) is 9.26 Å². The number of amidine groups is 1. The number of benzene rings is 3. The lowest BCUT2D eigenvalue weighted by atomic mass is 10.2. The highest BCUT2D eigenvalue weighted by atomic mass is 79.9. The fraction of sp³-hybridized carbons (Fsp3) is 0.0741. The van der Waals surface area contributed by atoms with E-state index < -0.39 is 11.4 Å². The number of carbonyl (C=O) groups excluding carboxylic acids is 2. The van der Waals surface area contributed by atoms with Crippen LogP contribution in [-0.4, -0.2) is 35.0 Å². The third kappa shape index (κ3) is 5.24. The Morgan fingerprint density at radius 3 is 2.58 bits per heavy atom. The zero-order valence-electron chi connectivity index (χ0n) is 20.0. The number of aromatic amines is 1. The van der Waals surface area contributed by atoms with Crippen LogP contribution < -0.4 is 19.9 Å².